The number of aliphatic hydroxyl groups is 1. The minimum Gasteiger partial charge on any atom is -0.393 e. The SMILES string of the molecule is CCCCC(O)CC1=C(C)C(C)(C)CC1. The Morgan fingerprint density at radius 3 is 2.53 bits per heavy atom. The van der Waals surface area contributed by atoms with Crippen LogP contribution >= 0.6 is 0 Å². The molecule has 0 saturated carbocycles. The summed E-state index contributed by atoms with van der Waals surface area (Å²) in [6.07, 6.45) is 6.56. The normalized spacial score (nSPS) is 22.2. The molecule has 88 valence electrons. The van der Waals surface area contributed by atoms with Crippen LogP contribution in [0.2, 0.25) is 0 Å². The van der Waals surface area contributed by atoms with Gasteiger partial charge >= 0.3 is 0 Å². The molecule has 1 rings (SSSR count). The number of unbranched alkanes of at least 4 members (excludes halogenated alkanes) is 1. The monoisotopic (exact) mass is 210 g/mol. The van der Waals surface area contributed by atoms with Crippen molar-refractivity contribution in [2.75, 3.05) is 0 Å². The van der Waals surface area contributed by atoms with Gasteiger partial charge in [0.15, 0.2) is 0 Å². The van der Waals surface area contributed by atoms with Gasteiger partial charge in [-0.3, -0.25) is 0 Å². The van der Waals surface area contributed by atoms with Crippen molar-refractivity contribution in [3.8, 4) is 0 Å². The van der Waals surface area contributed by atoms with E-state index >= 15 is 0 Å². The summed E-state index contributed by atoms with van der Waals surface area (Å²) in [6.45, 7) is 9.05. The molecule has 0 fully saturated rings. The molecule has 1 atom stereocenters. The van der Waals surface area contributed by atoms with Crippen LogP contribution in [0.25, 0.3) is 0 Å². The van der Waals surface area contributed by atoms with Crippen LogP contribution in [0.3, 0.4) is 0 Å². The van der Waals surface area contributed by atoms with Gasteiger partial charge in [-0.15, -0.1) is 0 Å². The molecule has 1 N–H and O–H groups in total. The van der Waals surface area contributed by atoms with Crippen molar-refractivity contribution < 1.29 is 5.11 Å². The number of allylic oxidation sites excluding steroid dienone is 1. The van der Waals surface area contributed by atoms with Crippen molar-refractivity contribution in [3.05, 3.63) is 11.1 Å². The Labute approximate surface area is 94.6 Å². The van der Waals surface area contributed by atoms with Crippen molar-refractivity contribution in [2.45, 2.75) is 72.3 Å². The number of rotatable bonds is 5. The molecule has 1 heteroatoms. The highest BCUT2D eigenvalue weighted by Crippen LogP contribution is 2.43. The van der Waals surface area contributed by atoms with Crippen molar-refractivity contribution in [1.82, 2.24) is 0 Å². The Hall–Kier alpha value is -0.300. The van der Waals surface area contributed by atoms with E-state index in [4.69, 9.17) is 0 Å². The minimum atomic E-state index is -0.108. The molecule has 15 heavy (non-hydrogen) atoms. The average molecular weight is 210 g/mol. The quantitative estimate of drug-likeness (QED) is 0.678. The lowest BCUT2D eigenvalue weighted by molar-refractivity contribution is 0.161. The lowest BCUT2D eigenvalue weighted by Gasteiger charge is -2.19. The van der Waals surface area contributed by atoms with Crippen LogP contribution in [0.15, 0.2) is 11.1 Å². The van der Waals surface area contributed by atoms with Crippen LogP contribution in [-0.4, -0.2) is 11.2 Å². The second-order valence-corrected chi connectivity index (χ2v) is 5.61. The fourth-order valence-electron chi connectivity index (χ4n) is 2.40. The molecule has 0 heterocycles. The highest BCUT2D eigenvalue weighted by molar-refractivity contribution is 5.25. The van der Waals surface area contributed by atoms with Gasteiger partial charge < -0.3 is 5.11 Å². The lowest BCUT2D eigenvalue weighted by Crippen LogP contribution is -2.09. The standard InChI is InChI=1S/C14H26O/c1-5-6-7-13(15)10-12-8-9-14(3,4)11(12)2/h13,15H,5-10H2,1-4H3. The van der Waals surface area contributed by atoms with Crippen LogP contribution in [0.5, 0.6) is 0 Å². The predicted molar refractivity (Wildman–Crippen MR) is 65.9 cm³/mol. The van der Waals surface area contributed by atoms with Crippen LogP contribution < -0.4 is 0 Å². The van der Waals surface area contributed by atoms with E-state index < -0.39 is 0 Å². The first kappa shape index (κ1) is 12.8. The molecule has 0 amide bonds. The van der Waals surface area contributed by atoms with Gasteiger partial charge in [0.05, 0.1) is 6.10 Å². The summed E-state index contributed by atoms with van der Waals surface area (Å²) in [5.74, 6) is 0. The summed E-state index contributed by atoms with van der Waals surface area (Å²) in [6, 6.07) is 0. The Kier molecular flexibility index (Phi) is 4.39. The molecule has 0 aromatic carbocycles. The van der Waals surface area contributed by atoms with E-state index in [0.29, 0.717) is 5.41 Å². The molecule has 0 radical (unpaired) electrons. The van der Waals surface area contributed by atoms with Crippen LogP contribution in [-0.2, 0) is 0 Å². The summed E-state index contributed by atoms with van der Waals surface area (Å²) in [5, 5.41) is 9.89. The Bertz CT molecular complexity index is 238. The van der Waals surface area contributed by atoms with E-state index in [0.717, 1.165) is 19.3 Å². The van der Waals surface area contributed by atoms with Crippen molar-refractivity contribution in [3.63, 3.8) is 0 Å². The van der Waals surface area contributed by atoms with Crippen molar-refractivity contribution in [1.29, 1.82) is 0 Å². The highest BCUT2D eigenvalue weighted by Gasteiger charge is 2.29. The van der Waals surface area contributed by atoms with E-state index in [1.165, 1.54) is 30.4 Å². The first-order valence-corrected chi connectivity index (χ1v) is 6.34. The maximum Gasteiger partial charge on any atom is 0.0577 e. The average Bonchev–Trinajstić information content (AvgIpc) is 2.42. The van der Waals surface area contributed by atoms with Gasteiger partial charge in [-0.2, -0.15) is 0 Å². The summed E-state index contributed by atoms with van der Waals surface area (Å²) in [5.41, 5.74) is 3.42. The zero-order chi connectivity index (χ0) is 11.5. The molecular formula is C14H26O. The van der Waals surface area contributed by atoms with Gasteiger partial charge in [0.1, 0.15) is 0 Å². The summed E-state index contributed by atoms with van der Waals surface area (Å²) in [4.78, 5) is 0. The van der Waals surface area contributed by atoms with E-state index in [9.17, 15) is 5.11 Å². The molecule has 1 nitrogen and oxygen atoms in total. The number of hydrogen-bond donors (Lipinski definition) is 1. The summed E-state index contributed by atoms with van der Waals surface area (Å²) in [7, 11) is 0. The van der Waals surface area contributed by atoms with Gasteiger partial charge in [-0.05, 0) is 38.0 Å². The topological polar surface area (TPSA) is 20.2 Å². The zero-order valence-electron chi connectivity index (χ0n) is 10.8. The predicted octanol–water partition coefficient (Wildman–Crippen LogP) is 4.06. The first-order valence-electron chi connectivity index (χ1n) is 6.34. The highest BCUT2D eigenvalue weighted by atomic mass is 16.3. The fraction of sp³-hybridized carbons (Fsp3) is 0.857. The molecule has 0 bridgehead atoms. The molecule has 0 saturated heterocycles. The minimum absolute atomic E-state index is 0.108. The van der Waals surface area contributed by atoms with Crippen LogP contribution in [0.1, 0.15) is 66.2 Å². The molecule has 0 aromatic rings. The van der Waals surface area contributed by atoms with E-state index in [1.807, 2.05) is 0 Å². The van der Waals surface area contributed by atoms with Gasteiger partial charge in [-0.25, -0.2) is 0 Å². The van der Waals surface area contributed by atoms with E-state index in [-0.39, 0.29) is 6.10 Å². The molecular weight excluding hydrogens is 184 g/mol. The van der Waals surface area contributed by atoms with Crippen LogP contribution in [0, 0.1) is 5.41 Å². The Balaban J connectivity index is 2.48. The Morgan fingerprint density at radius 1 is 1.40 bits per heavy atom. The van der Waals surface area contributed by atoms with Crippen LogP contribution in [0.4, 0.5) is 0 Å². The lowest BCUT2D eigenvalue weighted by atomic mass is 9.86. The Morgan fingerprint density at radius 2 is 2.07 bits per heavy atom. The van der Waals surface area contributed by atoms with Crippen molar-refractivity contribution >= 4 is 0 Å². The number of aliphatic hydroxyl groups excluding tert-OH is 1. The van der Waals surface area contributed by atoms with E-state index in [2.05, 4.69) is 27.7 Å². The third-order valence-electron chi connectivity index (χ3n) is 3.97. The molecule has 0 aliphatic heterocycles. The zero-order valence-corrected chi connectivity index (χ0v) is 10.8. The van der Waals surface area contributed by atoms with Gasteiger partial charge in [-0.1, -0.05) is 44.8 Å². The van der Waals surface area contributed by atoms with E-state index in [1.54, 1.807) is 0 Å². The summed E-state index contributed by atoms with van der Waals surface area (Å²) >= 11 is 0. The maximum absolute atomic E-state index is 9.89. The smallest absolute Gasteiger partial charge is 0.0577 e. The molecule has 1 unspecified atom stereocenters. The largest absolute Gasteiger partial charge is 0.393 e. The van der Waals surface area contributed by atoms with Gasteiger partial charge in [0.2, 0.25) is 0 Å². The first-order chi connectivity index (χ1) is 6.97. The fourth-order valence-corrected chi connectivity index (χ4v) is 2.40. The van der Waals surface area contributed by atoms with Gasteiger partial charge in [0.25, 0.3) is 0 Å². The second-order valence-electron chi connectivity index (χ2n) is 5.61. The maximum atomic E-state index is 9.89. The second kappa shape index (κ2) is 5.16. The third kappa shape index (κ3) is 3.34. The number of hydrogen-bond acceptors (Lipinski definition) is 1. The summed E-state index contributed by atoms with van der Waals surface area (Å²) < 4.78 is 0. The van der Waals surface area contributed by atoms with Crippen molar-refractivity contribution in [2.24, 2.45) is 5.41 Å². The molecule has 0 aromatic heterocycles. The molecule has 1 aliphatic carbocycles. The molecule has 1 aliphatic rings. The van der Waals surface area contributed by atoms with Gasteiger partial charge in [0, 0.05) is 0 Å². The molecule has 0 spiro atoms. The third-order valence-corrected chi connectivity index (χ3v) is 3.97.